The van der Waals surface area contributed by atoms with Crippen molar-refractivity contribution in [3.8, 4) is 0 Å². The number of rotatable bonds is 5. The maximum Gasteiger partial charge on any atom is 0.245 e. The van der Waals surface area contributed by atoms with Gasteiger partial charge in [0.2, 0.25) is 11.9 Å². The minimum atomic E-state index is -0.338. The molecule has 0 aromatic carbocycles. The van der Waals surface area contributed by atoms with E-state index in [0.717, 1.165) is 24.9 Å². The molecule has 1 aliphatic carbocycles. The zero-order valence-corrected chi connectivity index (χ0v) is 12.2. The molecule has 1 unspecified atom stereocenters. The van der Waals surface area contributed by atoms with Gasteiger partial charge in [0.15, 0.2) is 0 Å². The van der Waals surface area contributed by atoms with Crippen molar-refractivity contribution in [3.63, 3.8) is 0 Å². The maximum absolute atomic E-state index is 12.3. The fraction of sp³-hybridized carbons (Fsp3) is 0.643. The first kappa shape index (κ1) is 14.2. The molecule has 2 N–H and O–H groups in total. The van der Waals surface area contributed by atoms with Crippen LogP contribution in [0.5, 0.6) is 0 Å². The van der Waals surface area contributed by atoms with Gasteiger partial charge in [0.25, 0.3) is 0 Å². The summed E-state index contributed by atoms with van der Waals surface area (Å²) in [5.74, 6) is 0.606. The van der Waals surface area contributed by atoms with Crippen molar-refractivity contribution in [2.45, 2.75) is 31.5 Å². The van der Waals surface area contributed by atoms with E-state index in [9.17, 15) is 4.79 Å². The lowest BCUT2D eigenvalue weighted by Crippen LogP contribution is -2.55. The molecule has 3 rings (SSSR count). The van der Waals surface area contributed by atoms with E-state index in [0.29, 0.717) is 31.7 Å². The number of aromatic nitrogens is 2. The summed E-state index contributed by atoms with van der Waals surface area (Å²) in [5, 5.41) is 6.09. The molecule has 0 bridgehead atoms. The molecule has 2 fully saturated rings. The predicted octanol–water partition coefficient (Wildman–Crippen LogP) is -0.320. The summed E-state index contributed by atoms with van der Waals surface area (Å²) in [4.78, 5) is 23.0. The second kappa shape index (κ2) is 6.36. The number of carbonyl (C=O) groups is 1. The third kappa shape index (κ3) is 3.48. The molecule has 21 heavy (non-hydrogen) atoms. The van der Waals surface area contributed by atoms with Gasteiger partial charge in [-0.15, -0.1) is 0 Å². The first-order valence-electron chi connectivity index (χ1n) is 7.38. The normalized spacial score (nSPS) is 22.1. The Hall–Kier alpha value is -1.73. The minimum absolute atomic E-state index is 0.0140. The van der Waals surface area contributed by atoms with Crippen LogP contribution in [0.4, 0.5) is 5.95 Å². The van der Waals surface area contributed by atoms with E-state index in [1.165, 1.54) is 0 Å². The van der Waals surface area contributed by atoms with Crippen LogP contribution in [-0.4, -0.2) is 54.8 Å². The lowest BCUT2D eigenvalue weighted by molar-refractivity contribution is -0.124. The fourth-order valence-electron chi connectivity index (χ4n) is 2.38. The van der Waals surface area contributed by atoms with E-state index >= 15 is 0 Å². The summed E-state index contributed by atoms with van der Waals surface area (Å²) in [5.41, 5.74) is 1.02. The third-order valence-electron chi connectivity index (χ3n) is 3.68. The highest BCUT2D eigenvalue weighted by Crippen LogP contribution is 2.21. The molecule has 1 amide bonds. The number of amides is 1. The smallest absolute Gasteiger partial charge is 0.245 e. The Balaban J connectivity index is 1.71. The van der Waals surface area contributed by atoms with Crippen molar-refractivity contribution < 1.29 is 9.53 Å². The molecule has 1 saturated carbocycles. The molecule has 114 valence electrons. The minimum Gasteiger partial charge on any atom is -0.377 e. The van der Waals surface area contributed by atoms with Crippen LogP contribution in [0.2, 0.25) is 0 Å². The summed E-state index contributed by atoms with van der Waals surface area (Å²) in [6.07, 6.45) is 5.75. The first-order chi connectivity index (χ1) is 10.3. The van der Waals surface area contributed by atoms with Gasteiger partial charge in [0.05, 0.1) is 13.2 Å². The summed E-state index contributed by atoms with van der Waals surface area (Å²) < 4.78 is 5.45. The van der Waals surface area contributed by atoms with Crippen LogP contribution in [0.25, 0.3) is 0 Å². The lowest BCUT2D eigenvalue weighted by Gasteiger charge is -2.34. The van der Waals surface area contributed by atoms with E-state index < -0.39 is 0 Å². The number of hydrogen-bond donors (Lipinski definition) is 2. The highest BCUT2D eigenvalue weighted by atomic mass is 16.5. The monoisotopic (exact) mass is 291 g/mol. The Morgan fingerprint density at radius 3 is 2.86 bits per heavy atom. The highest BCUT2D eigenvalue weighted by molar-refractivity contribution is 5.85. The standard InChI is InChI=1S/C14H21N5O2/c1-15-6-10-7-16-14(17-8-10)19-4-5-21-9-12(19)13(20)18-11-2-3-11/h7-8,11-12,15H,2-6,9H2,1H3,(H,18,20). The quantitative estimate of drug-likeness (QED) is 0.774. The molecule has 1 aromatic rings. The molecule has 2 aliphatic rings. The lowest BCUT2D eigenvalue weighted by atomic mass is 10.2. The van der Waals surface area contributed by atoms with Gasteiger partial charge in [0.1, 0.15) is 6.04 Å². The van der Waals surface area contributed by atoms with Crippen molar-refractivity contribution >= 4 is 11.9 Å². The van der Waals surface area contributed by atoms with Crippen LogP contribution in [0.3, 0.4) is 0 Å². The van der Waals surface area contributed by atoms with Crippen LogP contribution in [0.1, 0.15) is 18.4 Å². The molecule has 7 nitrogen and oxygen atoms in total. The summed E-state index contributed by atoms with van der Waals surface area (Å²) in [6, 6.07) is 0.00898. The van der Waals surface area contributed by atoms with Gasteiger partial charge in [-0.2, -0.15) is 0 Å². The van der Waals surface area contributed by atoms with Crippen LogP contribution in [-0.2, 0) is 16.1 Å². The van der Waals surface area contributed by atoms with Gasteiger partial charge >= 0.3 is 0 Å². The Morgan fingerprint density at radius 2 is 2.19 bits per heavy atom. The first-order valence-corrected chi connectivity index (χ1v) is 7.38. The van der Waals surface area contributed by atoms with Crippen LogP contribution < -0.4 is 15.5 Å². The van der Waals surface area contributed by atoms with Crippen LogP contribution in [0.15, 0.2) is 12.4 Å². The molecule has 0 spiro atoms. The Morgan fingerprint density at radius 1 is 1.43 bits per heavy atom. The van der Waals surface area contributed by atoms with Crippen molar-refractivity contribution in [1.82, 2.24) is 20.6 Å². The number of hydrogen-bond acceptors (Lipinski definition) is 6. The van der Waals surface area contributed by atoms with Crippen molar-refractivity contribution in [1.29, 1.82) is 0 Å². The predicted molar refractivity (Wildman–Crippen MR) is 77.9 cm³/mol. The molecule has 1 atom stereocenters. The Labute approximate surface area is 124 Å². The average molecular weight is 291 g/mol. The van der Waals surface area contributed by atoms with Gasteiger partial charge < -0.3 is 20.3 Å². The van der Waals surface area contributed by atoms with Crippen LogP contribution in [0, 0.1) is 0 Å². The number of ether oxygens (including phenoxy) is 1. The largest absolute Gasteiger partial charge is 0.377 e. The average Bonchev–Trinajstić information content (AvgIpc) is 3.32. The maximum atomic E-state index is 12.3. The second-order valence-corrected chi connectivity index (χ2v) is 5.49. The fourth-order valence-corrected chi connectivity index (χ4v) is 2.38. The Kier molecular flexibility index (Phi) is 4.31. The Bertz CT molecular complexity index is 489. The van der Waals surface area contributed by atoms with Crippen molar-refractivity contribution in [2.75, 3.05) is 31.7 Å². The van der Waals surface area contributed by atoms with Crippen molar-refractivity contribution in [3.05, 3.63) is 18.0 Å². The highest BCUT2D eigenvalue weighted by Gasteiger charge is 2.34. The number of anilines is 1. The van der Waals surface area contributed by atoms with Gasteiger partial charge in [-0.25, -0.2) is 9.97 Å². The number of nitrogens with one attached hydrogen (secondary N) is 2. The van der Waals surface area contributed by atoms with E-state index in [1.54, 1.807) is 12.4 Å². The van der Waals surface area contributed by atoms with E-state index in [-0.39, 0.29) is 11.9 Å². The molecule has 1 aliphatic heterocycles. The topological polar surface area (TPSA) is 79.4 Å². The number of nitrogens with zero attached hydrogens (tertiary/aromatic N) is 3. The molecular weight excluding hydrogens is 270 g/mol. The van der Waals surface area contributed by atoms with E-state index in [4.69, 9.17) is 4.74 Å². The zero-order chi connectivity index (χ0) is 14.7. The number of carbonyl (C=O) groups excluding carboxylic acids is 1. The van der Waals surface area contributed by atoms with E-state index in [2.05, 4.69) is 20.6 Å². The number of morpholine rings is 1. The second-order valence-electron chi connectivity index (χ2n) is 5.49. The molecule has 0 radical (unpaired) electrons. The zero-order valence-electron chi connectivity index (χ0n) is 12.2. The molecule has 2 heterocycles. The van der Waals surface area contributed by atoms with Crippen molar-refractivity contribution in [2.24, 2.45) is 0 Å². The van der Waals surface area contributed by atoms with Gasteiger partial charge in [-0.05, 0) is 19.9 Å². The summed E-state index contributed by atoms with van der Waals surface area (Å²) >= 11 is 0. The molecule has 1 saturated heterocycles. The van der Waals surface area contributed by atoms with Crippen LogP contribution >= 0.6 is 0 Å². The van der Waals surface area contributed by atoms with Gasteiger partial charge in [-0.3, -0.25) is 4.79 Å². The molecule has 1 aromatic heterocycles. The molecular formula is C14H21N5O2. The summed E-state index contributed by atoms with van der Waals surface area (Å²) in [6.45, 7) is 2.35. The van der Waals surface area contributed by atoms with Gasteiger partial charge in [-0.1, -0.05) is 0 Å². The molecule has 7 heteroatoms. The van der Waals surface area contributed by atoms with Gasteiger partial charge in [0, 0.05) is 37.1 Å². The summed E-state index contributed by atoms with van der Waals surface area (Å²) in [7, 11) is 1.88. The SMILES string of the molecule is CNCc1cnc(N2CCOCC2C(=O)NC2CC2)nc1. The third-order valence-corrected chi connectivity index (χ3v) is 3.68. The van der Waals surface area contributed by atoms with E-state index in [1.807, 2.05) is 11.9 Å².